The van der Waals surface area contributed by atoms with Crippen LogP contribution in [-0.4, -0.2) is 39.1 Å². The molecule has 0 spiro atoms. The lowest BCUT2D eigenvalue weighted by Crippen LogP contribution is -2.06. The van der Waals surface area contributed by atoms with Gasteiger partial charge in [0.25, 0.3) is 0 Å². The molecule has 0 bridgehead atoms. The number of carboxylic acids is 1. The van der Waals surface area contributed by atoms with Crippen molar-refractivity contribution >= 4 is 11.9 Å². The zero-order valence-corrected chi connectivity index (χ0v) is 14.1. The van der Waals surface area contributed by atoms with Crippen LogP contribution in [0, 0.1) is 0 Å². The Morgan fingerprint density at radius 2 is 1.77 bits per heavy atom. The Bertz CT molecular complexity index is 932. The van der Waals surface area contributed by atoms with Crippen molar-refractivity contribution in [1.29, 1.82) is 0 Å². The number of hydrogen-bond acceptors (Lipinski definition) is 5. The van der Waals surface area contributed by atoms with Gasteiger partial charge in [0, 0.05) is 5.56 Å². The number of aromatic amines is 1. The van der Waals surface area contributed by atoms with Gasteiger partial charge in [-0.25, -0.2) is 4.79 Å². The largest absolute Gasteiger partial charge is 0.481 e. The second-order valence-corrected chi connectivity index (χ2v) is 5.59. The Kier molecular flexibility index (Phi) is 5.07. The minimum Gasteiger partial charge on any atom is -0.481 e. The number of nitrogens with zero attached hydrogens (tertiary/aromatic N) is 2. The molecule has 0 aliphatic carbocycles. The van der Waals surface area contributed by atoms with E-state index in [0.29, 0.717) is 5.69 Å². The van der Waals surface area contributed by atoms with Gasteiger partial charge >= 0.3 is 11.9 Å². The molecule has 0 saturated carbocycles. The van der Waals surface area contributed by atoms with Crippen molar-refractivity contribution in [2.24, 2.45) is 0 Å². The zero-order valence-electron chi connectivity index (χ0n) is 14.1. The van der Waals surface area contributed by atoms with E-state index >= 15 is 0 Å². The number of carboxylic acid groups (broad SMARTS) is 1. The van der Waals surface area contributed by atoms with Crippen molar-refractivity contribution in [2.45, 2.75) is 13.3 Å². The van der Waals surface area contributed by atoms with Crippen molar-refractivity contribution in [1.82, 2.24) is 15.4 Å². The molecule has 7 nitrogen and oxygen atoms in total. The van der Waals surface area contributed by atoms with Crippen LogP contribution in [0.25, 0.3) is 22.4 Å². The van der Waals surface area contributed by atoms with Crippen molar-refractivity contribution in [3.05, 3.63) is 59.8 Å². The molecule has 0 aliphatic heterocycles. The van der Waals surface area contributed by atoms with Crippen LogP contribution >= 0.6 is 0 Å². The molecule has 132 valence electrons. The monoisotopic (exact) mass is 351 g/mol. The molecule has 0 unspecified atom stereocenters. The van der Waals surface area contributed by atoms with Crippen LogP contribution < -0.4 is 0 Å². The first-order valence-corrected chi connectivity index (χ1v) is 8.08. The summed E-state index contributed by atoms with van der Waals surface area (Å²) in [5.74, 6) is -1.39. The standard InChI is InChI=1S/C19H17N3O4/c1-2-26-19(25)18-17(20-22-21-18)14-8-6-13(7-9-14)15-5-3-4-12(10-15)11-16(23)24/h3-10H,2,11H2,1H3,(H,23,24)(H,20,21,22). The Morgan fingerprint density at radius 3 is 2.46 bits per heavy atom. The molecule has 0 amide bonds. The van der Waals surface area contributed by atoms with Gasteiger partial charge in [-0.15, -0.1) is 5.10 Å². The topological polar surface area (TPSA) is 105 Å². The van der Waals surface area contributed by atoms with Crippen LogP contribution in [0.4, 0.5) is 0 Å². The molecule has 3 aromatic rings. The first-order chi connectivity index (χ1) is 12.6. The lowest BCUT2D eigenvalue weighted by atomic mass is 9.99. The minimum atomic E-state index is -0.866. The quantitative estimate of drug-likeness (QED) is 0.662. The van der Waals surface area contributed by atoms with Crippen molar-refractivity contribution in [3.8, 4) is 22.4 Å². The highest BCUT2D eigenvalue weighted by Gasteiger charge is 2.18. The number of ether oxygens (including phenoxy) is 1. The fourth-order valence-electron chi connectivity index (χ4n) is 2.63. The van der Waals surface area contributed by atoms with E-state index in [0.717, 1.165) is 22.3 Å². The average molecular weight is 351 g/mol. The Labute approximate surface area is 149 Å². The average Bonchev–Trinajstić information content (AvgIpc) is 3.12. The van der Waals surface area contributed by atoms with E-state index in [-0.39, 0.29) is 18.7 Å². The number of benzene rings is 2. The summed E-state index contributed by atoms with van der Waals surface area (Å²) in [6.45, 7) is 1.99. The fourth-order valence-corrected chi connectivity index (χ4v) is 2.63. The number of carbonyl (C=O) groups excluding carboxylic acids is 1. The summed E-state index contributed by atoms with van der Waals surface area (Å²) in [5.41, 5.74) is 3.88. The number of esters is 1. The third-order valence-corrected chi connectivity index (χ3v) is 3.79. The molecule has 3 rings (SSSR count). The van der Waals surface area contributed by atoms with Gasteiger partial charge in [-0.2, -0.15) is 10.3 Å². The van der Waals surface area contributed by atoms with E-state index in [2.05, 4.69) is 15.4 Å². The van der Waals surface area contributed by atoms with E-state index < -0.39 is 11.9 Å². The maximum absolute atomic E-state index is 11.9. The summed E-state index contributed by atoms with van der Waals surface area (Å²) in [4.78, 5) is 22.8. The van der Waals surface area contributed by atoms with Gasteiger partial charge in [-0.1, -0.05) is 48.5 Å². The van der Waals surface area contributed by atoms with E-state index in [9.17, 15) is 9.59 Å². The van der Waals surface area contributed by atoms with Gasteiger partial charge in [0.1, 0.15) is 5.69 Å². The smallest absolute Gasteiger partial charge is 0.361 e. The third-order valence-electron chi connectivity index (χ3n) is 3.79. The van der Waals surface area contributed by atoms with Crippen molar-refractivity contribution in [3.63, 3.8) is 0 Å². The molecule has 7 heteroatoms. The van der Waals surface area contributed by atoms with E-state index in [1.807, 2.05) is 42.5 Å². The summed E-state index contributed by atoms with van der Waals surface area (Å²) < 4.78 is 4.98. The summed E-state index contributed by atoms with van der Waals surface area (Å²) in [7, 11) is 0. The van der Waals surface area contributed by atoms with Gasteiger partial charge in [-0.05, 0) is 23.6 Å². The van der Waals surface area contributed by atoms with Crippen LogP contribution in [0.2, 0.25) is 0 Å². The highest BCUT2D eigenvalue weighted by atomic mass is 16.5. The Balaban J connectivity index is 1.87. The predicted octanol–water partition coefficient (Wildman–Crippen LogP) is 2.94. The minimum absolute atomic E-state index is 0.0201. The summed E-state index contributed by atoms with van der Waals surface area (Å²) >= 11 is 0. The summed E-state index contributed by atoms with van der Waals surface area (Å²) in [5, 5.41) is 19.3. The van der Waals surface area contributed by atoms with Gasteiger partial charge in [-0.3, -0.25) is 4.79 Å². The fraction of sp³-hybridized carbons (Fsp3) is 0.158. The first-order valence-electron chi connectivity index (χ1n) is 8.08. The molecule has 2 N–H and O–H groups in total. The molecule has 0 atom stereocenters. The molecule has 2 aromatic carbocycles. The highest BCUT2D eigenvalue weighted by Crippen LogP contribution is 2.26. The maximum Gasteiger partial charge on any atom is 0.361 e. The van der Waals surface area contributed by atoms with Crippen molar-refractivity contribution in [2.75, 3.05) is 6.61 Å². The molecule has 0 aliphatic rings. The lowest BCUT2D eigenvalue weighted by molar-refractivity contribution is -0.136. The zero-order chi connectivity index (χ0) is 18.5. The SMILES string of the molecule is CCOC(=O)c1n[nH]nc1-c1ccc(-c2cccc(CC(=O)O)c2)cc1. The molecular weight excluding hydrogens is 334 g/mol. The van der Waals surface area contributed by atoms with Gasteiger partial charge in [0.2, 0.25) is 0 Å². The normalized spacial score (nSPS) is 10.5. The predicted molar refractivity (Wildman–Crippen MR) is 94.6 cm³/mol. The lowest BCUT2D eigenvalue weighted by Gasteiger charge is -2.06. The number of nitrogens with one attached hydrogen (secondary N) is 1. The second-order valence-electron chi connectivity index (χ2n) is 5.59. The van der Waals surface area contributed by atoms with E-state index in [4.69, 9.17) is 9.84 Å². The van der Waals surface area contributed by atoms with Crippen LogP contribution in [-0.2, 0) is 16.0 Å². The van der Waals surface area contributed by atoms with E-state index in [1.54, 1.807) is 13.0 Å². The van der Waals surface area contributed by atoms with Crippen LogP contribution in [0.1, 0.15) is 23.0 Å². The molecular formula is C19H17N3O4. The van der Waals surface area contributed by atoms with Crippen LogP contribution in [0.15, 0.2) is 48.5 Å². The number of hydrogen-bond donors (Lipinski definition) is 2. The molecule has 0 fully saturated rings. The number of rotatable bonds is 6. The number of H-pyrrole nitrogens is 1. The summed E-state index contributed by atoms with van der Waals surface area (Å²) in [6, 6.07) is 14.8. The molecule has 1 aromatic heterocycles. The Hall–Kier alpha value is -3.48. The van der Waals surface area contributed by atoms with Crippen LogP contribution in [0.3, 0.4) is 0 Å². The van der Waals surface area contributed by atoms with E-state index in [1.165, 1.54) is 0 Å². The maximum atomic E-state index is 11.9. The van der Waals surface area contributed by atoms with Crippen molar-refractivity contribution < 1.29 is 19.4 Å². The number of aliphatic carboxylic acids is 1. The molecule has 0 radical (unpaired) electrons. The second kappa shape index (κ2) is 7.60. The third kappa shape index (κ3) is 3.77. The first kappa shape index (κ1) is 17.3. The number of carbonyl (C=O) groups is 2. The molecule has 26 heavy (non-hydrogen) atoms. The van der Waals surface area contributed by atoms with Crippen LogP contribution in [0.5, 0.6) is 0 Å². The molecule has 0 saturated heterocycles. The van der Waals surface area contributed by atoms with Gasteiger partial charge < -0.3 is 9.84 Å². The Morgan fingerprint density at radius 1 is 1.04 bits per heavy atom. The summed E-state index contributed by atoms with van der Waals surface area (Å²) in [6.07, 6.45) is -0.0201. The van der Waals surface area contributed by atoms with Gasteiger partial charge in [0.05, 0.1) is 13.0 Å². The molecule has 1 heterocycles. The van der Waals surface area contributed by atoms with Gasteiger partial charge in [0.15, 0.2) is 5.69 Å². The highest BCUT2D eigenvalue weighted by molar-refractivity contribution is 5.94. The number of aromatic nitrogens is 3.